The van der Waals surface area contributed by atoms with Gasteiger partial charge in [-0.3, -0.25) is 0 Å². The fourth-order valence-electron chi connectivity index (χ4n) is 2.00. The molecule has 0 aliphatic rings. The van der Waals surface area contributed by atoms with Crippen LogP contribution >= 0.6 is 0 Å². The zero-order chi connectivity index (χ0) is 14.9. The van der Waals surface area contributed by atoms with Gasteiger partial charge in [0.25, 0.3) is 0 Å². The highest BCUT2D eigenvalue weighted by Crippen LogP contribution is 2.16. The lowest BCUT2D eigenvalue weighted by atomic mass is 10.2. The van der Waals surface area contributed by atoms with Crippen molar-refractivity contribution in [1.29, 1.82) is 0 Å². The summed E-state index contributed by atoms with van der Waals surface area (Å²) in [6, 6.07) is 16.0. The normalized spacial score (nSPS) is 10.2. The molecule has 2 N–H and O–H groups in total. The standard InChI is InChI=1S/C17H22N2O2/c1-20-16-8-6-14(7-9-16)13-18-10-11-19-15-4-3-5-17(12-15)21-2/h3-9,12,18-19H,10-11,13H2,1-2H3. The SMILES string of the molecule is COc1ccc(CNCCNc2cccc(OC)c2)cc1. The van der Waals surface area contributed by atoms with E-state index in [-0.39, 0.29) is 0 Å². The monoisotopic (exact) mass is 286 g/mol. The van der Waals surface area contributed by atoms with Crippen molar-refractivity contribution in [2.45, 2.75) is 6.54 Å². The molecule has 4 heteroatoms. The molecule has 0 unspecified atom stereocenters. The van der Waals surface area contributed by atoms with Gasteiger partial charge in [0, 0.05) is 31.4 Å². The van der Waals surface area contributed by atoms with Gasteiger partial charge in [-0.1, -0.05) is 18.2 Å². The highest BCUT2D eigenvalue weighted by atomic mass is 16.5. The molecule has 0 atom stereocenters. The van der Waals surface area contributed by atoms with Gasteiger partial charge in [0.05, 0.1) is 14.2 Å². The van der Waals surface area contributed by atoms with E-state index in [4.69, 9.17) is 9.47 Å². The van der Waals surface area contributed by atoms with Gasteiger partial charge >= 0.3 is 0 Å². The molecule has 2 aromatic rings. The summed E-state index contributed by atoms with van der Waals surface area (Å²) in [7, 11) is 3.35. The number of anilines is 1. The summed E-state index contributed by atoms with van der Waals surface area (Å²) in [4.78, 5) is 0. The van der Waals surface area contributed by atoms with Crippen LogP contribution in [0.2, 0.25) is 0 Å². The van der Waals surface area contributed by atoms with E-state index < -0.39 is 0 Å². The third-order valence-corrected chi connectivity index (χ3v) is 3.19. The van der Waals surface area contributed by atoms with Crippen LogP contribution in [0.25, 0.3) is 0 Å². The fourth-order valence-corrected chi connectivity index (χ4v) is 2.00. The Kier molecular flexibility index (Phi) is 5.91. The van der Waals surface area contributed by atoms with Crippen molar-refractivity contribution in [3.05, 3.63) is 54.1 Å². The molecule has 0 saturated carbocycles. The van der Waals surface area contributed by atoms with Gasteiger partial charge in [0.15, 0.2) is 0 Å². The van der Waals surface area contributed by atoms with Crippen molar-refractivity contribution in [2.75, 3.05) is 32.6 Å². The summed E-state index contributed by atoms with van der Waals surface area (Å²) < 4.78 is 10.3. The van der Waals surface area contributed by atoms with Crippen molar-refractivity contribution in [3.8, 4) is 11.5 Å². The third-order valence-electron chi connectivity index (χ3n) is 3.19. The number of ether oxygens (including phenoxy) is 2. The molecule has 0 radical (unpaired) electrons. The summed E-state index contributed by atoms with van der Waals surface area (Å²) >= 11 is 0. The van der Waals surface area contributed by atoms with Crippen LogP contribution in [-0.2, 0) is 6.54 Å². The molecule has 2 rings (SSSR count). The van der Waals surface area contributed by atoms with Crippen LogP contribution in [0, 0.1) is 0 Å². The topological polar surface area (TPSA) is 42.5 Å². The van der Waals surface area contributed by atoms with Gasteiger partial charge < -0.3 is 20.1 Å². The summed E-state index contributed by atoms with van der Waals surface area (Å²) in [5.74, 6) is 1.75. The molecule has 0 heterocycles. The molecule has 0 spiro atoms. The molecule has 21 heavy (non-hydrogen) atoms. The maximum atomic E-state index is 5.19. The van der Waals surface area contributed by atoms with Crippen molar-refractivity contribution in [3.63, 3.8) is 0 Å². The fraction of sp³-hybridized carbons (Fsp3) is 0.294. The maximum absolute atomic E-state index is 5.19. The van der Waals surface area contributed by atoms with Crippen LogP contribution in [0.15, 0.2) is 48.5 Å². The van der Waals surface area contributed by atoms with Gasteiger partial charge in [-0.25, -0.2) is 0 Å². The van der Waals surface area contributed by atoms with Crippen LogP contribution in [0.3, 0.4) is 0 Å². The van der Waals surface area contributed by atoms with Gasteiger partial charge in [-0.15, -0.1) is 0 Å². The Morgan fingerprint density at radius 2 is 1.62 bits per heavy atom. The Hall–Kier alpha value is -2.20. The number of nitrogens with one attached hydrogen (secondary N) is 2. The predicted molar refractivity (Wildman–Crippen MR) is 86.2 cm³/mol. The molecular weight excluding hydrogens is 264 g/mol. The zero-order valence-electron chi connectivity index (χ0n) is 12.6. The number of hydrogen-bond acceptors (Lipinski definition) is 4. The Balaban J connectivity index is 1.67. The first-order valence-electron chi connectivity index (χ1n) is 7.03. The van der Waals surface area contributed by atoms with Crippen molar-refractivity contribution >= 4 is 5.69 Å². The molecular formula is C17H22N2O2. The van der Waals surface area contributed by atoms with Gasteiger partial charge in [0.1, 0.15) is 11.5 Å². The Morgan fingerprint density at radius 3 is 2.33 bits per heavy atom. The van der Waals surface area contributed by atoms with Gasteiger partial charge in [-0.2, -0.15) is 0 Å². The van der Waals surface area contributed by atoms with Crippen LogP contribution in [0.5, 0.6) is 11.5 Å². The highest BCUT2D eigenvalue weighted by molar-refractivity contribution is 5.48. The highest BCUT2D eigenvalue weighted by Gasteiger charge is 1.96. The van der Waals surface area contributed by atoms with Crippen LogP contribution < -0.4 is 20.1 Å². The number of hydrogen-bond donors (Lipinski definition) is 2. The van der Waals surface area contributed by atoms with E-state index in [1.165, 1.54) is 5.56 Å². The van der Waals surface area contributed by atoms with E-state index in [1.54, 1.807) is 14.2 Å². The molecule has 0 saturated heterocycles. The minimum absolute atomic E-state index is 0.851. The number of rotatable bonds is 8. The Bertz CT molecular complexity index is 541. The van der Waals surface area contributed by atoms with E-state index in [2.05, 4.69) is 22.8 Å². The maximum Gasteiger partial charge on any atom is 0.120 e. The zero-order valence-corrected chi connectivity index (χ0v) is 12.6. The average molecular weight is 286 g/mol. The first kappa shape index (κ1) is 15.2. The Labute approximate surface area is 126 Å². The first-order chi connectivity index (χ1) is 10.3. The summed E-state index contributed by atoms with van der Waals surface area (Å²) in [5.41, 5.74) is 2.32. The molecule has 0 aromatic heterocycles. The van der Waals surface area contributed by atoms with Crippen LogP contribution in [0.4, 0.5) is 5.69 Å². The van der Waals surface area contributed by atoms with E-state index in [0.717, 1.165) is 36.8 Å². The molecule has 0 aliphatic heterocycles. The molecule has 4 nitrogen and oxygen atoms in total. The van der Waals surface area contributed by atoms with Crippen LogP contribution in [0.1, 0.15) is 5.56 Å². The lowest BCUT2D eigenvalue weighted by Crippen LogP contribution is -2.21. The first-order valence-corrected chi connectivity index (χ1v) is 7.03. The molecule has 112 valence electrons. The minimum atomic E-state index is 0.851. The molecule has 0 amide bonds. The molecule has 0 fully saturated rings. The van der Waals surface area contributed by atoms with Crippen LogP contribution in [-0.4, -0.2) is 27.3 Å². The molecule has 0 aliphatic carbocycles. The number of methoxy groups -OCH3 is 2. The second-order valence-electron chi connectivity index (χ2n) is 4.68. The largest absolute Gasteiger partial charge is 0.497 e. The van der Waals surface area contributed by atoms with E-state index in [1.807, 2.05) is 36.4 Å². The lowest BCUT2D eigenvalue weighted by Gasteiger charge is -2.09. The van der Waals surface area contributed by atoms with Gasteiger partial charge in [0.2, 0.25) is 0 Å². The number of benzene rings is 2. The summed E-state index contributed by atoms with van der Waals surface area (Å²) in [5, 5.41) is 6.76. The van der Waals surface area contributed by atoms with E-state index >= 15 is 0 Å². The second kappa shape index (κ2) is 8.17. The smallest absolute Gasteiger partial charge is 0.120 e. The summed E-state index contributed by atoms with van der Waals surface area (Å²) in [6.45, 7) is 2.61. The lowest BCUT2D eigenvalue weighted by molar-refractivity contribution is 0.414. The predicted octanol–water partition coefficient (Wildman–Crippen LogP) is 2.91. The average Bonchev–Trinajstić information content (AvgIpc) is 2.55. The minimum Gasteiger partial charge on any atom is -0.497 e. The van der Waals surface area contributed by atoms with Crippen molar-refractivity contribution in [2.24, 2.45) is 0 Å². The van der Waals surface area contributed by atoms with Gasteiger partial charge in [-0.05, 0) is 29.8 Å². The van der Waals surface area contributed by atoms with Crippen molar-refractivity contribution in [1.82, 2.24) is 5.32 Å². The van der Waals surface area contributed by atoms with E-state index in [9.17, 15) is 0 Å². The third kappa shape index (κ3) is 5.00. The van der Waals surface area contributed by atoms with Crippen molar-refractivity contribution < 1.29 is 9.47 Å². The Morgan fingerprint density at radius 1 is 0.857 bits per heavy atom. The summed E-state index contributed by atoms with van der Waals surface area (Å²) in [6.07, 6.45) is 0. The van der Waals surface area contributed by atoms with E-state index in [0.29, 0.717) is 0 Å². The second-order valence-corrected chi connectivity index (χ2v) is 4.68. The molecule has 2 aromatic carbocycles. The quantitative estimate of drug-likeness (QED) is 0.732. The molecule has 0 bridgehead atoms.